The molecule has 0 saturated heterocycles. The quantitative estimate of drug-likeness (QED) is 0.630. The summed E-state index contributed by atoms with van der Waals surface area (Å²) in [5.41, 5.74) is 0. The van der Waals surface area contributed by atoms with Crippen molar-refractivity contribution in [1.29, 1.82) is 0 Å². The lowest BCUT2D eigenvalue weighted by Crippen LogP contribution is -2.11. The van der Waals surface area contributed by atoms with Crippen molar-refractivity contribution in [2.24, 2.45) is 0 Å². The maximum atomic E-state index is 11.0. The first-order valence-electron chi connectivity index (χ1n) is 3.00. The van der Waals surface area contributed by atoms with Crippen LogP contribution < -0.4 is 0 Å². The lowest BCUT2D eigenvalue weighted by atomic mass is 10.9. The Hall–Kier alpha value is -0.880. The van der Waals surface area contributed by atoms with Crippen LogP contribution in [-0.4, -0.2) is 35.9 Å². The normalized spacial score (nSPS) is 11.7. The van der Waals surface area contributed by atoms with E-state index < -0.39 is 9.84 Å². The molecule has 0 bridgehead atoms. The van der Waals surface area contributed by atoms with Crippen LogP contribution in [0.5, 0.6) is 0 Å². The number of aromatic amines is 1. The molecule has 0 unspecified atom stereocenters. The van der Waals surface area contributed by atoms with E-state index in [9.17, 15) is 8.42 Å². The van der Waals surface area contributed by atoms with E-state index in [0.717, 1.165) is 0 Å². The second kappa shape index (κ2) is 3.02. The Bertz CT molecular complexity index is 302. The monoisotopic (exact) mass is 176 g/mol. The van der Waals surface area contributed by atoms with Gasteiger partial charge in [-0.25, -0.2) is 13.4 Å². The van der Waals surface area contributed by atoms with Crippen molar-refractivity contribution >= 4 is 9.84 Å². The smallest absolute Gasteiger partial charge is 0.225 e. The van der Waals surface area contributed by atoms with Crippen LogP contribution in [0, 0.1) is 0 Å². The Balaban J connectivity index is 2.92. The molecular formula is C5H8N2O3S. The van der Waals surface area contributed by atoms with Crippen LogP contribution in [0.4, 0.5) is 0 Å². The molecule has 0 aliphatic rings. The summed E-state index contributed by atoms with van der Waals surface area (Å²) in [6, 6.07) is 0. The molecule has 1 aromatic rings. The molecule has 0 fully saturated rings. The Morgan fingerprint density at radius 1 is 1.64 bits per heavy atom. The van der Waals surface area contributed by atoms with Crippen molar-refractivity contribution in [1.82, 2.24) is 9.97 Å². The van der Waals surface area contributed by atoms with Crippen LogP contribution >= 0.6 is 0 Å². The van der Waals surface area contributed by atoms with Crippen LogP contribution in [0.25, 0.3) is 0 Å². The molecular weight excluding hydrogens is 168 g/mol. The van der Waals surface area contributed by atoms with E-state index in [1.165, 1.54) is 12.4 Å². The minimum atomic E-state index is -3.38. The Morgan fingerprint density at radius 3 is 2.82 bits per heavy atom. The highest BCUT2D eigenvalue weighted by atomic mass is 32.2. The molecule has 0 spiro atoms. The number of imidazole rings is 1. The van der Waals surface area contributed by atoms with Crippen molar-refractivity contribution in [3.05, 3.63) is 12.4 Å². The van der Waals surface area contributed by atoms with E-state index in [-0.39, 0.29) is 17.5 Å². The summed E-state index contributed by atoms with van der Waals surface area (Å²) < 4.78 is 22.1. The lowest BCUT2D eigenvalue weighted by Gasteiger charge is -1.95. The largest absolute Gasteiger partial charge is 0.395 e. The Labute approximate surface area is 64.0 Å². The predicted molar refractivity (Wildman–Crippen MR) is 37.7 cm³/mol. The molecule has 0 amide bonds. The van der Waals surface area contributed by atoms with Crippen molar-refractivity contribution in [2.45, 2.75) is 5.16 Å². The maximum Gasteiger partial charge on any atom is 0.225 e. The average Bonchev–Trinajstić information content (AvgIpc) is 2.37. The van der Waals surface area contributed by atoms with Crippen LogP contribution in [0.3, 0.4) is 0 Å². The van der Waals surface area contributed by atoms with Crippen molar-refractivity contribution < 1.29 is 13.5 Å². The zero-order valence-corrected chi connectivity index (χ0v) is 6.50. The summed E-state index contributed by atoms with van der Waals surface area (Å²) in [5.74, 6) is -0.291. The van der Waals surface area contributed by atoms with E-state index in [4.69, 9.17) is 5.11 Å². The highest BCUT2D eigenvalue weighted by Gasteiger charge is 2.15. The van der Waals surface area contributed by atoms with Gasteiger partial charge in [0, 0.05) is 12.4 Å². The molecule has 0 aromatic carbocycles. The standard InChI is InChI=1S/C5H8N2O3S/c8-3-4-11(9,10)5-6-1-2-7-5/h1-2,8H,3-4H2,(H,6,7). The zero-order chi connectivity index (χ0) is 8.32. The molecule has 0 radical (unpaired) electrons. The molecule has 0 saturated carbocycles. The summed E-state index contributed by atoms with van der Waals surface area (Å²) >= 11 is 0. The van der Waals surface area contributed by atoms with Gasteiger partial charge in [0.05, 0.1) is 12.4 Å². The molecule has 0 aliphatic carbocycles. The van der Waals surface area contributed by atoms with Crippen LogP contribution in [-0.2, 0) is 9.84 Å². The number of nitrogens with zero attached hydrogens (tertiary/aromatic N) is 1. The van der Waals surface area contributed by atoms with Gasteiger partial charge in [-0.3, -0.25) is 0 Å². The third-order valence-corrected chi connectivity index (χ3v) is 2.66. The first kappa shape index (κ1) is 8.22. The fourth-order valence-corrected chi connectivity index (χ4v) is 1.54. The number of H-pyrrole nitrogens is 1. The molecule has 5 nitrogen and oxygen atoms in total. The average molecular weight is 176 g/mol. The minimum Gasteiger partial charge on any atom is -0.395 e. The summed E-state index contributed by atoms with van der Waals surface area (Å²) in [5, 5.41) is 8.29. The zero-order valence-electron chi connectivity index (χ0n) is 5.69. The molecule has 62 valence electrons. The summed E-state index contributed by atoms with van der Waals surface area (Å²) in [6.45, 7) is -0.386. The number of nitrogens with one attached hydrogen (secondary N) is 1. The van der Waals surface area contributed by atoms with Crippen LogP contribution in [0.2, 0.25) is 0 Å². The van der Waals surface area contributed by atoms with Gasteiger partial charge in [0.2, 0.25) is 15.0 Å². The van der Waals surface area contributed by atoms with E-state index in [1.807, 2.05) is 0 Å². The number of sulfone groups is 1. The fourth-order valence-electron chi connectivity index (χ4n) is 0.638. The van der Waals surface area contributed by atoms with Crippen molar-refractivity contribution in [3.8, 4) is 0 Å². The van der Waals surface area contributed by atoms with Gasteiger partial charge in [-0.2, -0.15) is 0 Å². The summed E-state index contributed by atoms with van der Waals surface area (Å²) in [6.07, 6.45) is 2.77. The number of aromatic nitrogens is 2. The van der Waals surface area contributed by atoms with Gasteiger partial charge in [0.15, 0.2) is 0 Å². The summed E-state index contributed by atoms with van der Waals surface area (Å²) in [7, 11) is -3.38. The van der Waals surface area contributed by atoms with E-state index >= 15 is 0 Å². The van der Waals surface area contributed by atoms with Gasteiger partial charge in [0.25, 0.3) is 0 Å². The Morgan fingerprint density at radius 2 is 2.36 bits per heavy atom. The van der Waals surface area contributed by atoms with Gasteiger partial charge in [-0.05, 0) is 0 Å². The SMILES string of the molecule is O=S(=O)(CCO)c1ncc[nH]1. The van der Waals surface area contributed by atoms with E-state index in [1.54, 1.807) is 0 Å². The third-order valence-electron chi connectivity index (χ3n) is 1.13. The topological polar surface area (TPSA) is 83.1 Å². The van der Waals surface area contributed by atoms with Gasteiger partial charge >= 0.3 is 0 Å². The molecule has 0 atom stereocenters. The van der Waals surface area contributed by atoms with E-state index in [2.05, 4.69) is 9.97 Å². The van der Waals surface area contributed by atoms with Gasteiger partial charge in [-0.15, -0.1) is 0 Å². The van der Waals surface area contributed by atoms with E-state index in [0.29, 0.717) is 0 Å². The van der Waals surface area contributed by atoms with Gasteiger partial charge in [-0.1, -0.05) is 0 Å². The van der Waals surface area contributed by atoms with Crippen LogP contribution in [0.1, 0.15) is 0 Å². The number of aliphatic hydroxyl groups excluding tert-OH is 1. The third kappa shape index (κ3) is 1.78. The molecule has 2 N–H and O–H groups in total. The van der Waals surface area contributed by atoms with Gasteiger partial charge in [0.1, 0.15) is 0 Å². The number of aliphatic hydroxyl groups is 1. The number of hydrogen-bond donors (Lipinski definition) is 2. The fraction of sp³-hybridized carbons (Fsp3) is 0.400. The molecule has 0 aliphatic heterocycles. The molecule has 1 rings (SSSR count). The molecule has 1 heterocycles. The summed E-state index contributed by atoms with van der Waals surface area (Å²) in [4.78, 5) is 6.00. The maximum absolute atomic E-state index is 11.0. The highest BCUT2D eigenvalue weighted by Crippen LogP contribution is 2.01. The predicted octanol–water partition coefficient (Wildman–Crippen LogP) is -0.824. The number of hydrogen-bond acceptors (Lipinski definition) is 4. The lowest BCUT2D eigenvalue weighted by molar-refractivity contribution is 0.319. The molecule has 1 aromatic heterocycles. The molecule has 6 heteroatoms. The van der Waals surface area contributed by atoms with Crippen LogP contribution in [0.15, 0.2) is 17.6 Å². The highest BCUT2D eigenvalue weighted by molar-refractivity contribution is 7.91. The van der Waals surface area contributed by atoms with Gasteiger partial charge < -0.3 is 10.1 Å². The second-order valence-electron chi connectivity index (χ2n) is 1.94. The Kier molecular flexibility index (Phi) is 2.25. The minimum absolute atomic E-state index is 0.0912. The van der Waals surface area contributed by atoms with Crippen molar-refractivity contribution in [2.75, 3.05) is 12.4 Å². The first-order chi connectivity index (χ1) is 5.17. The number of rotatable bonds is 3. The first-order valence-corrected chi connectivity index (χ1v) is 4.65. The van der Waals surface area contributed by atoms with Crippen molar-refractivity contribution in [3.63, 3.8) is 0 Å². The molecule has 11 heavy (non-hydrogen) atoms. The second-order valence-corrected chi connectivity index (χ2v) is 3.96.